The quantitative estimate of drug-likeness (QED) is 0.450. The number of likely N-dealkylation sites (tertiary alicyclic amines) is 1. The van der Waals surface area contributed by atoms with Crippen LogP contribution in [0.1, 0.15) is 22.3 Å². The van der Waals surface area contributed by atoms with E-state index in [-0.39, 0.29) is 22.5 Å². The lowest BCUT2D eigenvalue weighted by molar-refractivity contribution is -0.128. The first-order valence-corrected chi connectivity index (χ1v) is 12.0. The number of halogens is 1. The third-order valence-electron chi connectivity index (χ3n) is 4.75. The largest absolute Gasteiger partial charge is 0.478 e. The molecule has 0 saturated carbocycles. The minimum Gasteiger partial charge on any atom is -0.478 e. The number of amides is 1. The number of aromatic nitrogens is 1. The second-order valence-corrected chi connectivity index (χ2v) is 9.75. The molecule has 1 amide bonds. The number of carboxylic acid groups (broad SMARTS) is 1. The summed E-state index contributed by atoms with van der Waals surface area (Å²) < 4.78 is 18.6. The molecular weight excluding hydrogens is 451 g/mol. The summed E-state index contributed by atoms with van der Waals surface area (Å²) in [5.41, 5.74) is 1.14. The number of hydrogen-bond donors (Lipinski definition) is 1. The van der Waals surface area contributed by atoms with Gasteiger partial charge in [0.15, 0.2) is 0 Å². The lowest BCUT2D eigenvalue weighted by Gasteiger charge is -2.16. The molecule has 1 atom stereocenters. The standard InChI is InChI=1S/C23H19FN2O4S2/c24-17-5-7-18(8-6-17)30-21-9-4-15(12-25-21)13-26-14-20(11-22(26)27)32-31-19-3-1-2-16(10-19)23(28)29/h1-10,12,20H,11,13-14H2,(H,28,29)/t20-/m1/s1. The molecule has 32 heavy (non-hydrogen) atoms. The van der Waals surface area contributed by atoms with Crippen molar-refractivity contribution in [1.29, 1.82) is 0 Å². The highest BCUT2D eigenvalue weighted by molar-refractivity contribution is 8.77. The van der Waals surface area contributed by atoms with Crippen LogP contribution in [0.5, 0.6) is 11.6 Å². The molecule has 6 nitrogen and oxygen atoms in total. The van der Waals surface area contributed by atoms with Crippen LogP contribution in [0.2, 0.25) is 0 Å². The van der Waals surface area contributed by atoms with E-state index in [1.807, 2.05) is 12.1 Å². The molecule has 1 aromatic heterocycles. The summed E-state index contributed by atoms with van der Waals surface area (Å²) in [5, 5.41) is 9.23. The van der Waals surface area contributed by atoms with Gasteiger partial charge in [-0.15, -0.1) is 0 Å². The van der Waals surface area contributed by atoms with Crippen molar-refractivity contribution in [3.8, 4) is 11.6 Å². The number of rotatable bonds is 8. The molecule has 0 spiro atoms. The van der Waals surface area contributed by atoms with E-state index in [0.717, 1.165) is 10.5 Å². The van der Waals surface area contributed by atoms with Gasteiger partial charge in [0.1, 0.15) is 11.6 Å². The third-order valence-corrected chi connectivity index (χ3v) is 7.56. The smallest absolute Gasteiger partial charge is 0.335 e. The van der Waals surface area contributed by atoms with Gasteiger partial charge >= 0.3 is 5.97 Å². The Morgan fingerprint density at radius 2 is 2.00 bits per heavy atom. The number of carbonyl (C=O) groups is 2. The maximum absolute atomic E-state index is 13.0. The lowest BCUT2D eigenvalue weighted by atomic mass is 10.2. The van der Waals surface area contributed by atoms with Crippen LogP contribution in [-0.2, 0) is 11.3 Å². The average Bonchev–Trinajstić information content (AvgIpc) is 3.14. The molecule has 4 rings (SSSR count). The Morgan fingerprint density at radius 3 is 2.72 bits per heavy atom. The molecule has 1 aliphatic rings. The van der Waals surface area contributed by atoms with Gasteiger partial charge in [-0.25, -0.2) is 14.2 Å². The van der Waals surface area contributed by atoms with E-state index in [4.69, 9.17) is 9.84 Å². The number of carboxylic acids is 1. The summed E-state index contributed by atoms with van der Waals surface area (Å²) in [4.78, 5) is 30.4. The van der Waals surface area contributed by atoms with Crippen molar-refractivity contribution in [3.63, 3.8) is 0 Å². The Hall–Kier alpha value is -3.04. The highest BCUT2D eigenvalue weighted by Gasteiger charge is 2.30. The van der Waals surface area contributed by atoms with E-state index in [9.17, 15) is 14.0 Å². The molecule has 2 aromatic carbocycles. The molecule has 1 saturated heterocycles. The Labute approximate surface area is 192 Å². The van der Waals surface area contributed by atoms with Gasteiger partial charge in [0, 0.05) is 41.9 Å². The van der Waals surface area contributed by atoms with Gasteiger partial charge in [-0.1, -0.05) is 33.7 Å². The molecule has 164 valence electrons. The number of benzene rings is 2. The van der Waals surface area contributed by atoms with E-state index in [0.29, 0.717) is 31.1 Å². The lowest BCUT2D eigenvalue weighted by Crippen LogP contribution is -2.24. The fourth-order valence-corrected chi connectivity index (χ4v) is 5.61. The van der Waals surface area contributed by atoms with Crippen molar-refractivity contribution >= 4 is 33.5 Å². The van der Waals surface area contributed by atoms with E-state index < -0.39 is 5.97 Å². The van der Waals surface area contributed by atoms with E-state index in [1.54, 1.807) is 46.2 Å². The topological polar surface area (TPSA) is 79.7 Å². The van der Waals surface area contributed by atoms with Crippen LogP contribution in [-0.4, -0.2) is 38.7 Å². The molecule has 2 heterocycles. The van der Waals surface area contributed by atoms with Crippen molar-refractivity contribution in [2.24, 2.45) is 0 Å². The molecule has 0 bridgehead atoms. The van der Waals surface area contributed by atoms with Crippen molar-refractivity contribution in [3.05, 3.63) is 83.8 Å². The van der Waals surface area contributed by atoms with Gasteiger partial charge in [-0.2, -0.15) is 0 Å². The maximum atomic E-state index is 13.0. The fourth-order valence-electron chi connectivity index (χ4n) is 3.17. The van der Waals surface area contributed by atoms with Gasteiger partial charge in [-0.05, 0) is 48.0 Å². The molecule has 1 aliphatic heterocycles. The first-order valence-electron chi connectivity index (χ1n) is 9.79. The molecular formula is C23H19FN2O4S2. The summed E-state index contributed by atoms with van der Waals surface area (Å²) in [6.45, 7) is 1.07. The highest BCUT2D eigenvalue weighted by Crippen LogP contribution is 2.39. The van der Waals surface area contributed by atoms with Gasteiger partial charge in [0.05, 0.1) is 5.56 Å². The number of hydrogen-bond acceptors (Lipinski definition) is 6. The first kappa shape index (κ1) is 22.2. The summed E-state index contributed by atoms with van der Waals surface area (Å²) in [7, 11) is 3.06. The van der Waals surface area contributed by atoms with Crippen LogP contribution in [0.3, 0.4) is 0 Å². The first-order chi connectivity index (χ1) is 15.5. The van der Waals surface area contributed by atoms with Gasteiger partial charge < -0.3 is 14.7 Å². The van der Waals surface area contributed by atoms with Crippen molar-refractivity contribution in [2.75, 3.05) is 6.54 Å². The predicted molar refractivity (Wildman–Crippen MR) is 121 cm³/mol. The van der Waals surface area contributed by atoms with Crippen molar-refractivity contribution in [1.82, 2.24) is 9.88 Å². The Kier molecular flexibility index (Phi) is 6.96. The van der Waals surface area contributed by atoms with Crippen LogP contribution < -0.4 is 4.74 Å². The third kappa shape index (κ3) is 5.80. The fraction of sp³-hybridized carbons (Fsp3) is 0.174. The number of carbonyl (C=O) groups excluding carboxylic acids is 1. The molecule has 1 N–H and O–H groups in total. The van der Waals surface area contributed by atoms with Crippen LogP contribution in [0.4, 0.5) is 4.39 Å². The number of ether oxygens (including phenoxy) is 1. The van der Waals surface area contributed by atoms with Crippen LogP contribution in [0, 0.1) is 5.82 Å². The van der Waals surface area contributed by atoms with Crippen molar-refractivity contribution in [2.45, 2.75) is 23.1 Å². The minimum absolute atomic E-state index is 0.0778. The normalized spacial score (nSPS) is 15.7. The van der Waals surface area contributed by atoms with E-state index in [2.05, 4.69) is 4.98 Å². The molecule has 3 aromatic rings. The Morgan fingerprint density at radius 1 is 1.19 bits per heavy atom. The molecule has 0 radical (unpaired) electrons. The summed E-state index contributed by atoms with van der Waals surface area (Å²) in [5.74, 6) is -0.329. The SMILES string of the molecule is O=C(O)c1cccc(SS[C@@H]2CC(=O)N(Cc3ccc(Oc4ccc(F)cc4)nc3)C2)c1. The number of pyridine rings is 1. The zero-order valence-corrected chi connectivity index (χ0v) is 18.4. The van der Waals surface area contributed by atoms with E-state index >= 15 is 0 Å². The number of nitrogens with zero attached hydrogens (tertiary/aromatic N) is 2. The zero-order valence-electron chi connectivity index (χ0n) is 16.8. The maximum Gasteiger partial charge on any atom is 0.335 e. The highest BCUT2D eigenvalue weighted by atomic mass is 33.1. The van der Waals surface area contributed by atoms with Gasteiger partial charge in [0.2, 0.25) is 11.8 Å². The second-order valence-electron chi connectivity index (χ2n) is 7.17. The Bertz CT molecular complexity index is 1110. The van der Waals surface area contributed by atoms with Gasteiger partial charge in [-0.3, -0.25) is 4.79 Å². The summed E-state index contributed by atoms with van der Waals surface area (Å²) in [6.07, 6.45) is 2.11. The van der Waals surface area contributed by atoms with Gasteiger partial charge in [0.25, 0.3) is 0 Å². The average molecular weight is 471 g/mol. The Balaban J connectivity index is 1.29. The molecule has 0 aliphatic carbocycles. The van der Waals surface area contributed by atoms with Crippen LogP contribution >= 0.6 is 21.6 Å². The van der Waals surface area contributed by atoms with Crippen LogP contribution in [0.25, 0.3) is 0 Å². The minimum atomic E-state index is -0.956. The number of aromatic carboxylic acids is 1. The molecule has 1 fully saturated rings. The van der Waals surface area contributed by atoms with Crippen LogP contribution in [0.15, 0.2) is 71.8 Å². The molecule has 9 heteroatoms. The predicted octanol–water partition coefficient (Wildman–Crippen LogP) is 5.25. The summed E-state index contributed by atoms with van der Waals surface area (Å²) >= 11 is 0. The van der Waals surface area contributed by atoms with Crippen molar-refractivity contribution < 1.29 is 23.8 Å². The molecule has 0 unspecified atom stereocenters. The second kappa shape index (κ2) is 10.1. The van der Waals surface area contributed by atoms with E-state index in [1.165, 1.54) is 35.1 Å². The zero-order chi connectivity index (χ0) is 22.5. The monoisotopic (exact) mass is 470 g/mol. The summed E-state index contributed by atoms with van der Waals surface area (Å²) in [6, 6.07) is 16.0.